The van der Waals surface area contributed by atoms with Crippen LogP contribution >= 0.6 is 0 Å². The fourth-order valence-corrected chi connectivity index (χ4v) is 1.48. The van der Waals surface area contributed by atoms with Gasteiger partial charge in [0.2, 0.25) is 0 Å². The molecule has 1 N–H and O–H groups in total. The van der Waals surface area contributed by atoms with Crippen LogP contribution in [0.2, 0.25) is 0 Å². The first-order valence-electron chi connectivity index (χ1n) is 5.53. The number of hydrogen-bond acceptors (Lipinski definition) is 1. The fraction of sp³-hybridized carbons (Fsp3) is 0.385. The van der Waals surface area contributed by atoms with Crippen LogP contribution in [-0.2, 0) is 0 Å². The second kappa shape index (κ2) is 6.99. The maximum Gasteiger partial charge on any atom is 0.128 e. The van der Waals surface area contributed by atoms with Gasteiger partial charge in [0.25, 0.3) is 0 Å². The van der Waals surface area contributed by atoms with E-state index >= 15 is 0 Å². The van der Waals surface area contributed by atoms with Crippen LogP contribution in [0.25, 0.3) is 0 Å². The molecule has 0 spiro atoms. The molecule has 0 bridgehead atoms. The number of hydrogen-bond donors (Lipinski definition) is 1. The normalized spacial score (nSPS) is 10.1. The Balaban J connectivity index is 2.23. The number of rotatable bonds is 7. The van der Waals surface area contributed by atoms with E-state index in [2.05, 4.69) is 11.9 Å². The Bertz CT molecular complexity index is 316. The molecule has 0 aliphatic carbocycles. The van der Waals surface area contributed by atoms with Crippen LogP contribution in [0.4, 0.5) is 14.5 Å². The van der Waals surface area contributed by atoms with Gasteiger partial charge in [-0.2, -0.15) is 0 Å². The van der Waals surface area contributed by atoms with Crippen molar-refractivity contribution < 1.29 is 8.78 Å². The number of anilines is 1. The Morgan fingerprint density at radius 1 is 1.06 bits per heavy atom. The summed E-state index contributed by atoms with van der Waals surface area (Å²) in [4.78, 5) is 0. The molecule has 3 heteroatoms. The van der Waals surface area contributed by atoms with Crippen LogP contribution in [-0.4, -0.2) is 6.54 Å². The van der Waals surface area contributed by atoms with E-state index in [-0.39, 0.29) is 0 Å². The summed E-state index contributed by atoms with van der Waals surface area (Å²) in [6.07, 6.45) is 6.12. The molecule has 0 heterocycles. The third kappa shape index (κ3) is 4.91. The lowest BCUT2D eigenvalue weighted by atomic mass is 10.2. The summed E-state index contributed by atoms with van der Waals surface area (Å²) in [5, 5.41) is 3.00. The zero-order chi connectivity index (χ0) is 11.8. The fourth-order valence-electron chi connectivity index (χ4n) is 1.48. The minimum absolute atomic E-state index is 0.501. The quantitative estimate of drug-likeness (QED) is 0.543. The maximum absolute atomic E-state index is 12.8. The molecule has 0 saturated heterocycles. The van der Waals surface area contributed by atoms with Crippen LogP contribution in [0.1, 0.15) is 25.7 Å². The smallest absolute Gasteiger partial charge is 0.128 e. The molecule has 1 nitrogen and oxygen atoms in total. The Labute approximate surface area is 95.2 Å². The molecule has 1 rings (SSSR count). The minimum Gasteiger partial charge on any atom is -0.385 e. The van der Waals surface area contributed by atoms with E-state index in [1.165, 1.54) is 12.1 Å². The van der Waals surface area contributed by atoms with Crippen molar-refractivity contribution in [2.24, 2.45) is 0 Å². The van der Waals surface area contributed by atoms with Crippen LogP contribution in [0.3, 0.4) is 0 Å². The van der Waals surface area contributed by atoms with Crippen molar-refractivity contribution in [3.63, 3.8) is 0 Å². The summed E-state index contributed by atoms with van der Waals surface area (Å²) in [5.74, 6) is -1.09. The van der Waals surface area contributed by atoms with Crippen molar-refractivity contribution in [2.45, 2.75) is 25.7 Å². The summed E-state index contributed by atoms with van der Waals surface area (Å²) < 4.78 is 25.6. The molecule has 1 aromatic rings. The first kappa shape index (κ1) is 12.7. The maximum atomic E-state index is 12.8. The molecule has 0 radical (unpaired) electrons. The largest absolute Gasteiger partial charge is 0.385 e. The van der Waals surface area contributed by atoms with Crippen LogP contribution in [0, 0.1) is 11.6 Å². The van der Waals surface area contributed by atoms with E-state index in [4.69, 9.17) is 0 Å². The summed E-state index contributed by atoms with van der Waals surface area (Å²) in [7, 11) is 0. The molecular weight excluding hydrogens is 208 g/mol. The first-order valence-corrected chi connectivity index (χ1v) is 5.53. The summed E-state index contributed by atoms with van der Waals surface area (Å²) in [5.41, 5.74) is 0.501. The van der Waals surface area contributed by atoms with E-state index in [0.717, 1.165) is 38.3 Å². The highest BCUT2D eigenvalue weighted by Gasteiger charge is 1.99. The van der Waals surface area contributed by atoms with Crippen molar-refractivity contribution in [1.82, 2.24) is 0 Å². The van der Waals surface area contributed by atoms with Gasteiger partial charge in [0.1, 0.15) is 11.6 Å². The lowest BCUT2D eigenvalue weighted by molar-refractivity contribution is 0.584. The molecule has 0 atom stereocenters. The predicted octanol–water partition coefficient (Wildman–Crippen LogP) is 4.12. The lowest BCUT2D eigenvalue weighted by Gasteiger charge is -2.06. The second-order valence-electron chi connectivity index (χ2n) is 3.72. The molecule has 0 aliphatic heterocycles. The molecule has 0 aromatic heterocycles. The van der Waals surface area contributed by atoms with Gasteiger partial charge in [0.05, 0.1) is 0 Å². The Hall–Kier alpha value is -1.38. The number of halogens is 2. The van der Waals surface area contributed by atoms with E-state index < -0.39 is 11.6 Å². The van der Waals surface area contributed by atoms with Crippen molar-refractivity contribution in [1.29, 1.82) is 0 Å². The van der Waals surface area contributed by atoms with Crippen molar-refractivity contribution in [3.05, 3.63) is 42.5 Å². The van der Waals surface area contributed by atoms with Crippen molar-refractivity contribution >= 4 is 5.69 Å². The third-order valence-electron chi connectivity index (χ3n) is 2.28. The van der Waals surface area contributed by atoms with E-state index in [9.17, 15) is 8.78 Å². The molecule has 88 valence electrons. The number of nitrogens with one attached hydrogen (secondary N) is 1. The monoisotopic (exact) mass is 225 g/mol. The van der Waals surface area contributed by atoms with Gasteiger partial charge in [-0.15, -0.1) is 6.58 Å². The van der Waals surface area contributed by atoms with Gasteiger partial charge >= 0.3 is 0 Å². The van der Waals surface area contributed by atoms with E-state index in [0.29, 0.717) is 5.69 Å². The molecule has 0 amide bonds. The van der Waals surface area contributed by atoms with Crippen molar-refractivity contribution in [2.75, 3.05) is 11.9 Å². The molecule has 0 fully saturated rings. The van der Waals surface area contributed by atoms with E-state index in [1.807, 2.05) is 6.08 Å². The summed E-state index contributed by atoms with van der Waals surface area (Å²) in [6.45, 7) is 4.38. The molecule has 0 unspecified atom stereocenters. The zero-order valence-electron chi connectivity index (χ0n) is 9.31. The lowest BCUT2D eigenvalue weighted by Crippen LogP contribution is -2.02. The Morgan fingerprint density at radius 3 is 2.38 bits per heavy atom. The highest BCUT2D eigenvalue weighted by atomic mass is 19.1. The average Bonchev–Trinajstić information content (AvgIpc) is 2.22. The Kier molecular flexibility index (Phi) is 5.54. The zero-order valence-corrected chi connectivity index (χ0v) is 9.31. The number of unbranched alkanes of at least 4 members (excludes halogenated alkanes) is 3. The highest BCUT2D eigenvalue weighted by molar-refractivity contribution is 5.43. The van der Waals surface area contributed by atoms with Crippen molar-refractivity contribution in [3.8, 4) is 0 Å². The molecule has 0 aliphatic rings. The average molecular weight is 225 g/mol. The van der Waals surface area contributed by atoms with Gasteiger partial charge < -0.3 is 5.32 Å². The van der Waals surface area contributed by atoms with Crippen LogP contribution in [0.5, 0.6) is 0 Å². The number of allylic oxidation sites excluding steroid dienone is 1. The summed E-state index contributed by atoms with van der Waals surface area (Å²) >= 11 is 0. The Morgan fingerprint density at radius 2 is 1.75 bits per heavy atom. The SMILES string of the molecule is C=CCCCCCNc1cc(F)cc(F)c1. The van der Waals surface area contributed by atoms with Gasteiger partial charge in [-0.3, -0.25) is 0 Å². The van der Waals surface area contributed by atoms with Gasteiger partial charge in [-0.1, -0.05) is 12.5 Å². The topological polar surface area (TPSA) is 12.0 Å². The highest BCUT2D eigenvalue weighted by Crippen LogP contribution is 2.13. The van der Waals surface area contributed by atoms with Crippen LogP contribution in [0.15, 0.2) is 30.9 Å². The predicted molar refractivity (Wildman–Crippen MR) is 63.5 cm³/mol. The van der Waals surface area contributed by atoms with E-state index in [1.54, 1.807) is 0 Å². The first-order chi connectivity index (χ1) is 7.72. The van der Waals surface area contributed by atoms with Gasteiger partial charge in [-0.05, 0) is 31.4 Å². The minimum atomic E-state index is -0.547. The third-order valence-corrected chi connectivity index (χ3v) is 2.28. The molecule has 16 heavy (non-hydrogen) atoms. The van der Waals surface area contributed by atoms with Gasteiger partial charge in [-0.25, -0.2) is 8.78 Å². The van der Waals surface area contributed by atoms with Gasteiger partial charge in [0.15, 0.2) is 0 Å². The second-order valence-corrected chi connectivity index (χ2v) is 3.72. The molecule has 1 aromatic carbocycles. The molecular formula is C13H17F2N. The van der Waals surface area contributed by atoms with Crippen LogP contribution < -0.4 is 5.32 Å². The standard InChI is InChI=1S/C13H17F2N/c1-2-3-4-5-6-7-16-13-9-11(14)8-12(15)10-13/h2,8-10,16H,1,3-7H2. The summed E-state index contributed by atoms with van der Waals surface area (Å²) in [6, 6.07) is 3.47. The van der Waals surface area contributed by atoms with Gasteiger partial charge in [0, 0.05) is 18.3 Å². The number of benzene rings is 1. The molecule has 0 saturated carbocycles.